The van der Waals surface area contributed by atoms with Crippen LogP contribution in [0.3, 0.4) is 0 Å². The molecule has 0 aliphatic rings. The maximum absolute atomic E-state index is 13.2. The van der Waals surface area contributed by atoms with Gasteiger partial charge in [-0.1, -0.05) is 67.6 Å². The monoisotopic (exact) mass is 487 g/mol. The average Bonchev–Trinajstić information content (AvgIpc) is 2.71. The first kappa shape index (κ1) is 30.2. The largest absolute Gasteiger partial charge is 0.399 e. The molecule has 2 aromatic rings. The van der Waals surface area contributed by atoms with Crippen LogP contribution in [0.5, 0.6) is 0 Å². The van der Waals surface area contributed by atoms with E-state index >= 15 is 0 Å². The third-order valence-corrected chi connectivity index (χ3v) is 5.60. The molecular weight excluding hydrogens is 454 g/mol. The summed E-state index contributed by atoms with van der Waals surface area (Å²) in [5, 5.41) is 8.13. The van der Waals surface area contributed by atoms with Gasteiger partial charge in [0.2, 0.25) is 0 Å². The van der Waals surface area contributed by atoms with Crippen molar-refractivity contribution in [3.8, 4) is 0 Å². The number of Topliss-reactive ketones (excluding diaryl/α,β-unsaturated/α-hetero) is 1. The zero-order valence-electron chi connectivity index (χ0n) is 19.1. The highest BCUT2D eigenvalue weighted by Gasteiger charge is 2.41. The summed E-state index contributed by atoms with van der Waals surface area (Å²) >= 11 is 0. The van der Waals surface area contributed by atoms with Gasteiger partial charge in [0, 0.05) is 12.5 Å². The number of aliphatic hydroxyl groups is 1. The Labute approximate surface area is 197 Å². The van der Waals surface area contributed by atoms with Crippen molar-refractivity contribution >= 4 is 28.6 Å². The van der Waals surface area contributed by atoms with Gasteiger partial charge in [0.15, 0.2) is 6.29 Å². The van der Waals surface area contributed by atoms with E-state index < -0.39 is 22.1 Å². The third-order valence-electron chi connectivity index (χ3n) is 5.07. The van der Waals surface area contributed by atoms with E-state index in [4.69, 9.17) is 9.66 Å². The Kier molecular flexibility index (Phi) is 12.9. The molecule has 0 saturated carbocycles. The van der Waals surface area contributed by atoms with Gasteiger partial charge in [0.05, 0.1) is 5.41 Å². The Morgan fingerprint density at radius 3 is 1.66 bits per heavy atom. The van der Waals surface area contributed by atoms with Gasteiger partial charge in [-0.3, -0.25) is 9.35 Å². The predicted molar refractivity (Wildman–Crippen MR) is 128 cm³/mol. The van der Waals surface area contributed by atoms with Crippen LogP contribution in [0.4, 0.5) is 0 Å². The fourth-order valence-corrected chi connectivity index (χ4v) is 3.74. The molecule has 0 heterocycles. The molecule has 2 rings (SSSR count). The van der Waals surface area contributed by atoms with Crippen LogP contribution < -0.4 is 0 Å². The average molecular weight is 488 g/mol. The minimum atomic E-state index is -4.47. The van der Waals surface area contributed by atoms with Gasteiger partial charge in [-0.05, 0) is 45.5 Å². The van der Waals surface area contributed by atoms with E-state index in [1.54, 1.807) is 0 Å². The summed E-state index contributed by atoms with van der Waals surface area (Å²) in [6, 6.07) is 20.7. The number of aliphatic hydroxyl groups excluding tert-OH is 1. The van der Waals surface area contributed by atoms with Crippen LogP contribution in [0.2, 0.25) is 0 Å². The van der Waals surface area contributed by atoms with Crippen molar-refractivity contribution in [1.29, 1.82) is 0 Å². The van der Waals surface area contributed by atoms with Crippen molar-refractivity contribution < 1.29 is 27.1 Å². The van der Waals surface area contributed by atoms with E-state index in [0.29, 0.717) is 12.5 Å². The molecule has 7 nitrogen and oxygen atoms in total. The van der Waals surface area contributed by atoms with E-state index in [9.17, 15) is 13.2 Å². The molecule has 0 radical (unpaired) electrons. The minimum absolute atomic E-state index is 0. The van der Waals surface area contributed by atoms with Crippen LogP contribution >= 0.6 is 12.4 Å². The number of carbonyl (C=O) groups is 1. The summed E-state index contributed by atoms with van der Waals surface area (Å²) in [5.74, 6) is 0.281. The van der Waals surface area contributed by atoms with Crippen LogP contribution in [0.15, 0.2) is 60.7 Å². The van der Waals surface area contributed by atoms with Crippen molar-refractivity contribution in [3.05, 3.63) is 71.8 Å². The van der Waals surface area contributed by atoms with E-state index in [1.807, 2.05) is 43.3 Å². The lowest BCUT2D eigenvalue weighted by molar-refractivity contribution is -0.123. The Bertz CT molecular complexity index is 865. The minimum Gasteiger partial charge on any atom is -0.367 e. The van der Waals surface area contributed by atoms with Crippen LogP contribution in [0, 0.1) is 0 Å². The van der Waals surface area contributed by atoms with E-state index in [0.717, 1.165) is 24.5 Å². The Hall–Kier alpha value is -1.81. The molecule has 32 heavy (non-hydrogen) atoms. The molecule has 0 saturated heterocycles. The second kappa shape index (κ2) is 13.7. The highest BCUT2D eigenvalue weighted by atomic mass is 35.5. The Morgan fingerprint density at radius 1 is 1.00 bits per heavy atom. The van der Waals surface area contributed by atoms with Gasteiger partial charge in [-0.15, -0.1) is 12.4 Å². The molecule has 180 valence electrons. The predicted octanol–water partition coefficient (Wildman–Crippen LogP) is 3.86. The van der Waals surface area contributed by atoms with Gasteiger partial charge < -0.3 is 10.0 Å². The maximum Gasteiger partial charge on any atom is 0.399 e. The third kappa shape index (κ3) is 8.97. The van der Waals surface area contributed by atoms with Crippen LogP contribution in [0.25, 0.3) is 0 Å². The first-order valence-electron chi connectivity index (χ1n) is 10.1. The molecule has 0 amide bonds. The van der Waals surface area contributed by atoms with Gasteiger partial charge in [-0.2, -0.15) is 8.42 Å². The second-order valence-corrected chi connectivity index (χ2v) is 8.60. The molecule has 2 unspecified atom stereocenters. The summed E-state index contributed by atoms with van der Waals surface area (Å²) < 4.78 is 30.5. The Morgan fingerprint density at radius 2 is 1.41 bits per heavy atom. The number of hydrogen-bond donors (Lipinski definition) is 2. The molecule has 9 heteroatoms. The van der Waals surface area contributed by atoms with Gasteiger partial charge in [-0.25, -0.2) is 4.18 Å². The normalized spacial score (nSPS) is 13.4. The van der Waals surface area contributed by atoms with E-state index in [-0.39, 0.29) is 18.2 Å². The second-order valence-electron chi connectivity index (χ2n) is 7.55. The number of ketones is 1. The molecule has 0 bridgehead atoms. The maximum atomic E-state index is 13.2. The van der Waals surface area contributed by atoms with Crippen LogP contribution in [0.1, 0.15) is 44.7 Å². The number of halogens is 1. The number of benzene rings is 2. The highest BCUT2D eigenvalue weighted by molar-refractivity contribution is 7.80. The van der Waals surface area contributed by atoms with Gasteiger partial charge in [0.25, 0.3) is 0 Å². The van der Waals surface area contributed by atoms with Crippen molar-refractivity contribution in [3.63, 3.8) is 0 Å². The topological polar surface area (TPSA) is 104 Å². The standard InChI is InChI=1S/C21H27NO.C2H6O5S.ClH/c1-5-20(23)21(16-17(2)22(3)4,18-12-8-6-9-13-18)19-14-10-7-11-15-19;1-2(3)7-8(4,5)6;/h6-15,17H,5,16H2,1-4H3;2-3H,1H3,(H,4,5,6);1H. The summed E-state index contributed by atoms with van der Waals surface area (Å²) in [7, 11) is -0.331. The molecule has 0 aromatic heterocycles. The van der Waals surface area contributed by atoms with Crippen molar-refractivity contribution in [1.82, 2.24) is 4.90 Å². The van der Waals surface area contributed by atoms with Crippen LogP contribution in [-0.4, -0.2) is 55.2 Å². The zero-order chi connectivity index (χ0) is 23.7. The molecular formula is C23H34ClNO6S. The fourth-order valence-electron chi connectivity index (χ4n) is 3.39. The summed E-state index contributed by atoms with van der Waals surface area (Å²) in [6.07, 6.45) is -0.185. The lowest BCUT2D eigenvalue weighted by atomic mass is 9.67. The number of rotatable bonds is 9. The van der Waals surface area contributed by atoms with E-state index in [2.05, 4.69) is 54.4 Å². The lowest BCUT2D eigenvalue weighted by Gasteiger charge is -2.37. The van der Waals surface area contributed by atoms with Crippen molar-refractivity contribution in [2.75, 3.05) is 14.1 Å². The van der Waals surface area contributed by atoms with Crippen LogP contribution in [-0.2, 0) is 24.8 Å². The smallest absolute Gasteiger partial charge is 0.367 e. The van der Waals surface area contributed by atoms with E-state index in [1.165, 1.54) is 0 Å². The molecule has 0 aliphatic carbocycles. The lowest BCUT2D eigenvalue weighted by Crippen LogP contribution is -2.42. The molecule has 2 N–H and O–H groups in total. The summed E-state index contributed by atoms with van der Waals surface area (Å²) in [4.78, 5) is 15.4. The highest BCUT2D eigenvalue weighted by Crippen LogP contribution is 2.39. The van der Waals surface area contributed by atoms with Gasteiger partial charge in [0.1, 0.15) is 5.78 Å². The summed E-state index contributed by atoms with van der Waals surface area (Å²) in [5.41, 5.74) is 1.60. The molecule has 2 atom stereocenters. The molecule has 2 aromatic carbocycles. The molecule has 0 fully saturated rings. The SMILES string of the molecule is CC(O)OS(=O)(=O)O.CCC(=O)C(CC(C)N(C)C)(c1ccccc1)c1ccccc1.Cl. The van der Waals surface area contributed by atoms with Crippen molar-refractivity contribution in [2.45, 2.75) is 51.4 Å². The van der Waals surface area contributed by atoms with Gasteiger partial charge >= 0.3 is 10.4 Å². The summed E-state index contributed by atoms with van der Waals surface area (Å²) in [6.45, 7) is 5.21. The first-order chi connectivity index (χ1) is 14.4. The van der Waals surface area contributed by atoms with Crippen molar-refractivity contribution in [2.24, 2.45) is 0 Å². The molecule has 0 spiro atoms. The number of hydrogen-bond acceptors (Lipinski definition) is 6. The first-order valence-corrected chi connectivity index (χ1v) is 11.4. The zero-order valence-corrected chi connectivity index (χ0v) is 20.8. The Balaban J connectivity index is 0.000000917. The quantitative estimate of drug-likeness (QED) is 0.408. The number of nitrogens with zero attached hydrogens (tertiary/aromatic N) is 1. The number of carbonyl (C=O) groups excluding carboxylic acids is 1. The molecule has 0 aliphatic heterocycles. The fraction of sp³-hybridized carbons (Fsp3) is 0.435.